The van der Waals surface area contributed by atoms with Crippen LogP contribution < -0.4 is 10.6 Å². The number of carbonyl (C=O) groups is 2. The van der Waals surface area contributed by atoms with Gasteiger partial charge in [-0.25, -0.2) is 0 Å². The third kappa shape index (κ3) is 6.60. The monoisotopic (exact) mass is 312 g/mol. The summed E-state index contributed by atoms with van der Waals surface area (Å²) in [5.41, 5.74) is 0.486. The van der Waals surface area contributed by atoms with E-state index in [-0.39, 0.29) is 6.04 Å². The summed E-state index contributed by atoms with van der Waals surface area (Å²) in [6.07, 6.45) is 2.76. The first-order valence-corrected chi connectivity index (χ1v) is 7.31. The predicted octanol–water partition coefficient (Wildman–Crippen LogP) is 2.60. The van der Waals surface area contributed by atoms with E-state index in [2.05, 4.69) is 17.6 Å². The van der Waals surface area contributed by atoms with Crippen LogP contribution in [0.4, 0.5) is 5.69 Å². The van der Waals surface area contributed by atoms with E-state index in [9.17, 15) is 9.59 Å². The molecule has 0 saturated heterocycles. The van der Waals surface area contributed by atoms with Crippen molar-refractivity contribution in [3.8, 4) is 0 Å². The van der Waals surface area contributed by atoms with Crippen molar-refractivity contribution in [3.63, 3.8) is 0 Å². The van der Waals surface area contributed by atoms with Crippen LogP contribution in [0, 0.1) is 0 Å². The van der Waals surface area contributed by atoms with Crippen LogP contribution in [-0.2, 0) is 14.3 Å². The number of methoxy groups -OCH3 is 1. The first-order valence-electron chi connectivity index (χ1n) is 6.93. The van der Waals surface area contributed by atoms with Crippen LogP contribution in [0.5, 0.6) is 0 Å². The second kappa shape index (κ2) is 9.37. The lowest BCUT2D eigenvalue weighted by atomic mass is 10.1. The molecule has 0 aliphatic carbocycles. The molecule has 1 unspecified atom stereocenters. The average Bonchev–Trinajstić information content (AvgIpc) is 2.44. The van der Waals surface area contributed by atoms with E-state index >= 15 is 0 Å². The fourth-order valence-electron chi connectivity index (χ4n) is 1.85. The second-order valence-electron chi connectivity index (χ2n) is 4.73. The molecule has 1 aromatic rings. The van der Waals surface area contributed by atoms with E-state index in [1.54, 1.807) is 31.4 Å². The quantitative estimate of drug-likeness (QED) is 0.760. The molecule has 0 radical (unpaired) electrons. The minimum Gasteiger partial charge on any atom is -0.383 e. The Labute approximate surface area is 130 Å². The van der Waals surface area contributed by atoms with Gasteiger partial charge >= 0.3 is 11.8 Å². The van der Waals surface area contributed by atoms with Gasteiger partial charge in [-0.05, 0) is 24.6 Å². The van der Waals surface area contributed by atoms with Crippen LogP contribution in [0.15, 0.2) is 24.3 Å². The van der Waals surface area contributed by atoms with E-state index in [4.69, 9.17) is 16.3 Å². The molecular weight excluding hydrogens is 292 g/mol. The van der Waals surface area contributed by atoms with Crippen LogP contribution in [0.25, 0.3) is 0 Å². The van der Waals surface area contributed by atoms with Crippen LogP contribution in [0.2, 0.25) is 5.02 Å². The molecule has 0 aliphatic rings. The Balaban J connectivity index is 2.54. The summed E-state index contributed by atoms with van der Waals surface area (Å²) < 4.78 is 5.05. The number of unbranched alkanes of at least 4 members (excludes halogenated alkanes) is 1. The highest BCUT2D eigenvalue weighted by Crippen LogP contribution is 2.14. The zero-order chi connectivity index (χ0) is 15.7. The maximum Gasteiger partial charge on any atom is 0.313 e. The van der Waals surface area contributed by atoms with Gasteiger partial charge in [0.05, 0.1) is 12.6 Å². The zero-order valence-corrected chi connectivity index (χ0v) is 13.1. The second-order valence-corrected chi connectivity index (χ2v) is 5.17. The Hall–Kier alpha value is -1.59. The number of anilines is 1. The molecule has 0 fully saturated rings. The van der Waals surface area contributed by atoms with Crippen molar-refractivity contribution in [2.24, 2.45) is 0 Å². The molecule has 6 heteroatoms. The molecule has 1 rings (SSSR count). The Morgan fingerprint density at radius 2 is 2.10 bits per heavy atom. The van der Waals surface area contributed by atoms with E-state index in [1.165, 1.54) is 0 Å². The lowest BCUT2D eigenvalue weighted by Gasteiger charge is -2.17. The van der Waals surface area contributed by atoms with Gasteiger partial charge in [0.15, 0.2) is 0 Å². The molecule has 0 heterocycles. The Morgan fingerprint density at radius 3 is 2.71 bits per heavy atom. The number of halogens is 1. The fourth-order valence-corrected chi connectivity index (χ4v) is 2.04. The normalized spacial score (nSPS) is 11.8. The van der Waals surface area contributed by atoms with E-state index < -0.39 is 11.8 Å². The van der Waals surface area contributed by atoms with Crippen molar-refractivity contribution < 1.29 is 14.3 Å². The molecule has 0 saturated carbocycles. The highest BCUT2D eigenvalue weighted by Gasteiger charge is 2.18. The number of hydrogen-bond donors (Lipinski definition) is 2. The zero-order valence-electron chi connectivity index (χ0n) is 12.3. The topological polar surface area (TPSA) is 67.4 Å². The molecule has 0 bridgehead atoms. The number of ether oxygens (including phenoxy) is 1. The minimum absolute atomic E-state index is 0.160. The number of carbonyl (C=O) groups excluding carboxylic acids is 2. The first-order chi connectivity index (χ1) is 10.1. The molecule has 21 heavy (non-hydrogen) atoms. The number of rotatable bonds is 7. The van der Waals surface area contributed by atoms with Crippen molar-refractivity contribution in [1.82, 2.24) is 5.32 Å². The number of amides is 2. The molecule has 2 N–H and O–H groups in total. The van der Waals surface area contributed by atoms with Gasteiger partial charge in [0.2, 0.25) is 0 Å². The Kier molecular flexibility index (Phi) is 7.79. The molecule has 1 aromatic carbocycles. The largest absolute Gasteiger partial charge is 0.383 e. The molecule has 0 aromatic heterocycles. The third-order valence-corrected chi connectivity index (χ3v) is 3.13. The van der Waals surface area contributed by atoms with Crippen LogP contribution in [-0.4, -0.2) is 31.6 Å². The van der Waals surface area contributed by atoms with Crippen molar-refractivity contribution in [1.29, 1.82) is 0 Å². The maximum atomic E-state index is 11.9. The summed E-state index contributed by atoms with van der Waals surface area (Å²) in [5, 5.41) is 5.68. The smallest absolute Gasteiger partial charge is 0.313 e. The van der Waals surface area contributed by atoms with Crippen molar-refractivity contribution in [2.75, 3.05) is 19.0 Å². The summed E-state index contributed by atoms with van der Waals surface area (Å²) in [6.45, 7) is 2.45. The van der Waals surface area contributed by atoms with Gasteiger partial charge < -0.3 is 15.4 Å². The predicted molar refractivity (Wildman–Crippen MR) is 83.4 cm³/mol. The Morgan fingerprint density at radius 1 is 1.33 bits per heavy atom. The number of hydrogen-bond acceptors (Lipinski definition) is 3. The standard InChI is InChI=1S/C15H21ClN2O3/c1-3-4-7-13(10-21-2)18-15(20)14(19)17-12-8-5-6-11(16)9-12/h5-6,8-9,13H,3-4,7,10H2,1-2H3,(H,17,19)(H,18,20). The summed E-state index contributed by atoms with van der Waals surface area (Å²) in [4.78, 5) is 23.7. The van der Waals surface area contributed by atoms with Gasteiger partial charge in [-0.2, -0.15) is 0 Å². The van der Waals surface area contributed by atoms with Gasteiger partial charge in [0.25, 0.3) is 0 Å². The van der Waals surface area contributed by atoms with Crippen LogP contribution in [0.3, 0.4) is 0 Å². The SMILES string of the molecule is CCCCC(COC)NC(=O)C(=O)Nc1cccc(Cl)c1. The highest BCUT2D eigenvalue weighted by molar-refractivity contribution is 6.40. The Bertz CT molecular complexity index is 480. The van der Waals surface area contributed by atoms with Crippen LogP contribution in [0.1, 0.15) is 26.2 Å². The van der Waals surface area contributed by atoms with Gasteiger partial charge in [0, 0.05) is 17.8 Å². The minimum atomic E-state index is -0.713. The van der Waals surface area contributed by atoms with Gasteiger partial charge in [0.1, 0.15) is 0 Å². The summed E-state index contributed by atoms with van der Waals surface area (Å²) in [5.74, 6) is -1.39. The summed E-state index contributed by atoms with van der Waals surface area (Å²) >= 11 is 5.82. The molecular formula is C15H21ClN2O3. The maximum absolute atomic E-state index is 11.9. The molecule has 116 valence electrons. The molecule has 1 atom stereocenters. The van der Waals surface area contributed by atoms with Crippen LogP contribution >= 0.6 is 11.6 Å². The number of benzene rings is 1. The van der Waals surface area contributed by atoms with Crippen molar-refractivity contribution in [3.05, 3.63) is 29.3 Å². The lowest BCUT2D eigenvalue weighted by Crippen LogP contribution is -2.43. The summed E-state index contributed by atoms with van der Waals surface area (Å²) in [6, 6.07) is 6.48. The summed E-state index contributed by atoms with van der Waals surface area (Å²) in [7, 11) is 1.57. The number of nitrogens with one attached hydrogen (secondary N) is 2. The third-order valence-electron chi connectivity index (χ3n) is 2.90. The van der Waals surface area contributed by atoms with Gasteiger partial charge in [-0.3, -0.25) is 9.59 Å². The van der Waals surface area contributed by atoms with Gasteiger partial charge in [-0.15, -0.1) is 0 Å². The van der Waals surface area contributed by atoms with E-state index in [1.807, 2.05) is 0 Å². The molecule has 2 amide bonds. The molecule has 5 nitrogen and oxygen atoms in total. The van der Waals surface area contributed by atoms with E-state index in [0.717, 1.165) is 19.3 Å². The molecule has 0 aliphatic heterocycles. The van der Waals surface area contributed by atoms with Gasteiger partial charge in [-0.1, -0.05) is 37.4 Å². The van der Waals surface area contributed by atoms with E-state index in [0.29, 0.717) is 17.3 Å². The first kappa shape index (κ1) is 17.5. The highest BCUT2D eigenvalue weighted by atomic mass is 35.5. The van der Waals surface area contributed by atoms with Crippen molar-refractivity contribution >= 4 is 29.1 Å². The molecule has 0 spiro atoms. The average molecular weight is 313 g/mol. The lowest BCUT2D eigenvalue weighted by molar-refractivity contribution is -0.136. The fraction of sp³-hybridized carbons (Fsp3) is 0.467. The van der Waals surface area contributed by atoms with Crippen molar-refractivity contribution in [2.45, 2.75) is 32.2 Å².